The predicted octanol–water partition coefficient (Wildman–Crippen LogP) is 0.282. The quantitative estimate of drug-likeness (QED) is 0.572. The first-order valence-electron chi connectivity index (χ1n) is 12.1. The van der Waals surface area contributed by atoms with E-state index in [0.717, 1.165) is 43.3 Å². The molecule has 1 atom stereocenters. The van der Waals surface area contributed by atoms with Crippen LogP contribution in [0.25, 0.3) is 0 Å². The van der Waals surface area contributed by atoms with Gasteiger partial charge in [-0.15, -0.1) is 0 Å². The molecule has 0 aliphatic carbocycles. The maximum Gasteiger partial charge on any atom is 0.409 e. The van der Waals surface area contributed by atoms with Crippen LogP contribution in [0.1, 0.15) is 30.8 Å². The van der Waals surface area contributed by atoms with Crippen molar-refractivity contribution >= 4 is 27.5 Å². The van der Waals surface area contributed by atoms with Gasteiger partial charge in [0.2, 0.25) is 5.91 Å². The predicted molar refractivity (Wildman–Crippen MR) is 128 cm³/mol. The molecular weight excluding hydrogens is 460 g/mol. The van der Waals surface area contributed by atoms with Crippen LogP contribution >= 0.6 is 0 Å². The van der Waals surface area contributed by atoms with Crippen molar-refractivity contribution in [3.63, 3.8) is 0 Å². The molecule has 0 bridgehead atoms. The van der Waals surface area contributed by atoms with Gasteiger partial charge in [0.15, 0.2) is 9.84 Å². The molecule has 2 amide bonds. The van der Waals surface area contributed by atoms with Gasteiger partial charge in [-0.25, -0.2) is 13.2 Å². The Balaban J connectivity index is 1.28. The van der Waals surface area contributed by atoms with Crippen molar-refractivity contribution in [3.05, 3.63) is 11.4 Å². The first-order valence-corrected chi connectivity index (χ1v) is 13.9. The number of anilines is 1. The summed E-state index contributed by atoms with van der Waals surface area (Å²) < 4.78 is 30.8. The van der Waals surface area contributed by atoms with Gasteiger partial charge in [-0.1, -0.05) is 0 Å². The van der Waals surface area contributed by atoms with Crippen LogP contribution in [0.15, 0.2) is 0 Å². The van der Waals surface area contributed by atoms with Crippen molar-refractivity contribution < 1.29 is 22.7 Å². The smallest absolute Gasteiger partial charge is 0.409 e. The second-order valence-electron chi connectivity index (χ2n) is 9.35. The summed E-state index contributed by atoms with van der Waals surface area (Å²) in [7, 11) is -2.97. The molecule has 0 N–H and O–H groups in total. The number of carbonyl (C=O) groups is 2. The van der Waals surface area contributed by atoms with Crippen molar-refractivity contribution in [1.82, 2.24) is 24.5 Å². The van der Waals surface area contributed by atoms with E-state index < -0.39 is 9.84 Å². The van der Waals surface area contributed by atoms with Crippen LogP contribution in [0, 0.1) is 13.8 Å². The Bertz CT molecular complexity index is 1010. The molecule has 12 heteroatoms. The van der Waals surface area contributed by atoms with E-state index in [1.807, 2.05) is 23.4 Å². The summed E-state index contributed by atoms with van der Waals surface area (Å²) in [6.07, 6.45) is 0.308. The molecule has 11 nitrogen and oxygen atoms in total. The Hall–Kier alpha value is -2.34. The summed E-state index contributed by atoms with van der Waals surface area (Å²) in [6.45, 7) is 11.7. The second-order valence-corrected chi connectivity index (χ2v) is 11.6. The third-order valence-electron chi connectivity index (χ3n) is 7.05. The number of aryl methyl sites for hydroxylation is 1. The number of hydrogen-bond donors (Lipinski definition) is 0. The van der Waals surface area contributed by atoms with Crippen molar-refractivity contribution in [2.45, 2.75) is 33.2 Å². The zero-order valence-electron chi connectivity index (χ0n) is 20.4. The van der Waals surface area contributed by atoms with Crippen LogP contribution in [0.4, 0.5) is 10.5 Å². The highest BCUT2D eigenvalue weighted by Gasteiger charge is 2.33. The van der Waals surface area contributed by atoms with E-state index in [0.29, 0.717) is 45.8 Å². The number of nitrogens with zero attached hydrogens (tertiary/aromatic N) is 6. The third-order valence-corrected chi connectivity index (χ3v) is 8.80. The summed E-state index contributed by atoms with van der Waals surface area (Å²) in [4.78, 5) is 32.6. The standard InChI is InChI=1S/C22H36N6O5S/c1-4-33-22(30)27-12-10-25(11-13-27)20(29)15-24-6-8-26(9-7-24)21-17(2)23-28(18(21)3)19-5-14-34(31,32)16-19/h19H,4-16H2,1-3H3. The number of aromatic nitrogens is 2. The highest BCUT2D eigenvalue weighted by molar-refractivity contribution is 7.91. The van der Waals surface area contributed by atoms with Gasteiger partial charge in [-0.3, -0.25) is 14.4 Å². The third kappa shape index (κ3) is 5.32. The Morgan fingerprint density at radius 2 is 1.65 bits per heavy atom. The molecule has 1 aromatic heterocycles. The van der Waals surface area contributed by atoms with E-state index >= 15 is 0 Å². The van der Waals surface area contributed by atoms with Gasteiger partial charge in [-0.05, 0) is 27.2 Å². The monoisotopic (exact) mass is 496 g/mol. The summed E-state index contributed by atoms with van der Waals surface area (Å²) in [5.74, 6) is 0.494. The topological polar surface area (TPSA) is 108 Å². The minimum Gasteiger partial charge on any atom is -0.450 e. The number of amides is 2. The second kappa shape index (κ2) is 10.1. The van der Waals surface area contributed by atoms with Gasteiger partial charge in [-0.2, -0.15) is 5.10 Å². The van der Waals surface area contributed by atoms with E-state index in [-0.39, 0.29) is 29.5 Å². The molecule has 3 aliphatic rings. The van der Waals surface area contributed by atoms with Crippen LogP contribution in [0.2, 0.25) is 0 Å². The molecular formula is C22H36N6O5S. The molecule has 0 spiro atoms. The minimum atomic E-state index is -2.97. The fourth-order valence-electron chi connectivity index (χ4n) is 5.21. The number of ether oxygens (including phenoxy) is 1. The van der Waals surface area contributed by atoms with E-state index in [1.54, 1.807) is 11.8 Å². The normalized spacial score (nSPS) is 23.4. The molecule has 0 aromatic carbocycles. The van der Waals surface area contributed by atoms with Crippen molar-refractivity contribution in [2.24, 2.45) is 0 Å². The zero-order valence-corrected chi connectivity index (χ0v) is 21.2. The highest BCUT2D eigenvalue weighted by atomic mass is 32.2. The maximum absolute atomic E-state index is 12.8. The van der Waals surface area contributed by atoms with Gasteiger partial charge in [0.05, 0.1) is 47.8 Å². The van der Waals surface area contributed by atoms with Crippen molar-refractivity contribution in [1.29, 1.82) is 0 Å². The lowest BCUT2D eigenvalue weighted by atomic mass is 10.2. The van der Waals surface area contributed by atoms with Crippen LogP contribution in [0.3, 0.4) is 0 Å². The maximum atomic E-state index is 12.8. The zero-order chi connectivity index (χ0) is 24.5. The molecule has 0 saturated carbocycles. The number of hydrogen-bond acceptors (Lipinski definition) is 8. The molecule has 1 aromatic rings. The van der Waals surface area contributed by atoms with Crippen LogP contribution in [-0.4, -0.2) is 122 Å². The average molecular weight is 497 g/mol. The lowest BCUT2D eigenvalue weighted by Gasteiger charge is -2.38. The molecule has 3 fully saturated rings. The molecule has 1 unspecified atom stereocenters. The fraction of sp³-hybridized carbons (Fsp3) is 0.773. The summed E-state index contributed by atoms with van der Waals surface area (Å²) >= 11 is 0. The number of carbonyl (C=O) groups excluding carboxylic acids is 2. The molecule has 4 heterocycles. The average Bonchev–Trinajstić information content (AvgIpc) is 3.32. The molecule has 3 aliphatic heterocycles. The van der Waals surface area contributed by atoms with Gasteiger partial charge in [0.1, 0.15) is 0 Å². The van der Waals surface area contributed by atoms with Gasteiger partial charge >= 0.3 is 6.09 Å². The number of rotatable bonds is 5. The largest absolute Gasteiger partial charge is 0.450 e. The lowest BCUT2D eigenvalue weighted by molar-refractivity contribution is -0.134. The molecule has 3 saturated heterocycles. The SMILES string of the molecule is CCOC(=O)N1CCN(C(=O)CN2CCN(c3c(C)nn(C4CCS(=O)(=O)C4)c3C)CC2)CC1. The number of piperazine rings is 2. The van der Waals surface area contributed by atoms with Crippen LogP contribution in [0.5, 0.6) is 0 Å². The summed E-state index contributed by atoms with van der Waals surface area (Å²) in [6, 6.07) is -0.0827. The van der Waals surface area contributed by atoms with Gasteiger partial charge in [0.25, 0.3) is 0 Å². The minimum absolute atomic E-state index is 0.0827. The van der Waals surface area contributed by atoms with Gasteiger partial charge in [0, 0.05) is 52.4 Å². The van der Waals surface area contributed by atoms with Crippen molar-refractivity contribution in [3.8, 4) is 0 Å². The Labute approximate surface area is 201 Å². The van der Waals surface area contributed by atoms with Gasteiger partial charge < -0.3 is 19.4 Å². The highest BCUT2D eigenvalue weighted by Crippen LogP contribution is 2.31. The molecule has 4 rings (SSSR count). The lowest BCUT2D eigenvalue weighted by Crippen LogP contribution is -2.54. The van der Waals surface area contributed by atoms with E-state index in [1.165, 1.54) is 0 Å². The molecule has 0 radical (unpaired) electrons. The Kier molecular flexibility index (Phi) is 7.36. The number of sulfone groups is 1. The van der Waals surface area contributed by atoms with E-state index in [4.69, 9.17) is 9.84 Å². The summed E-state index contributed by atoms with van der Waals surface area (Å²) in [5.41, 5.74) is 3.03. The Morgan fingerprint density at radius 1 is 1.00 bits per heavy atom. The molecule has 190 valence electrons. The van der Waals surface area contributed by atoms with Crippen LogP contribution < -0.4 is 4.90 Å². The first kappa shape index (κ1) is 24.8. The summed E-state index contributed by atoms with van der Waals surface area (Å²) in [5, 5.41) is 4.69. The van der Waals surface area contributed by atoms with E-state index in [9.17, 15) is 18.0 Å². The van der Waals surface area contributed by atoms with E-state index in [2.05, 4.69) is 9.80 Å². The van der Waals surface area contributed by atoms with Crippen molar-refractivity contribution in [2.75, 3.05) is 81.9 Å². The fourth-order valence-corrected chi connectivity index (χ4v) is 6.90. The Morgan fingerprint density at radius 3 is 2.24 bits per heavy atom. The first-order chi connectivity index (χ1) is 16.2. The molecule has 34 heavy (non-hydrogen) atoms. The van der Waals surface area contributed by atoms with Crippen LogP contribution in [-0.2, 0) is 19.4 Å².